The molecule has 0 spiro atoms. The Kier molecular flexibility index (Phi) is 3.11. The zero-order valence-electron chi connectivity index (χ0n) is 7.98. The van der Waals surface area contributed by atoms with Gasteiger partial charge in [-0.3, -0.25) is 0 Å². The number of aromatic nitrogens is 3. The molecule has 0 saturated carbocycles. The lowest BCUT2D eigenvalue weighted by Crippen LogP contribution is -1.95. The summed E-state index contributed by atoms with van der Waals surface area (Å²) in [5, 5.41) is 10.2. The quantitative estimate of drug-likeness (QED) is 0.636. The number of rotatable bonds is 3. The molecule has 1 heterocycles. The number of anilines is 1. The smallest absolute Gasteiger partial charge is 0.239 e. The topological polar surface area (TPSA) is 66.0 Å². The van der Waals surface area contributed by atoms with E-state index in [0.717, 1.165) is 0 Å². The maximum absolute atomic E-state index is 13.3. The van der Waals surface area contributed by atoms with Crippen LogP contribution in [0.15, 0.2) is 29.6 Å². The van der Waals surface area contributed by atoms with E-state index in [9.17, 15) is 4.39 Å². The lowest BCUT2D eigenvalue weighted by Gasteiger charge is -1.98. The second-order valence-electron chi connectivity index (χ2n) is 2.84. The number of benzene rings is 1. The fourth-order valence-corrected chi connectivity index (χ4v) is 1.26. The highest BCUT2D eigenvalue weighted by Crippen LogP contribution is 2.16. The van der Waals surface area contributed by atoms with Crippen LogP contribution in [0.2, 0.25) is 5.02 Å². The lowest BCUT2D eigenvalue weighted by atomic mass is 10.2. The fraction of sp³-hybridized carbons (Fsp3) is 0. The predicted octanol–water partition coefficient (Wildman–Crippen LogP) is 2.04. The maximum Gasteiger partial charge on any atom is 0.239 e. The summed E-state index contributed by atoms with van der Waals surface area (Å²) in [6.45, 7) is 0. The van der Waals surface area contributed by atoms with Crippen LogP contribution in [0.1, 0.15) is 5.56 Å². The number of hydrogen-bond donors (Lipinski definition) is 2. The predicted molar refractivity (Wildman–Crippen MR) is 59.0 cm³/mol. The summed E-state index contributed by atoms with van der Waals surface area (Å²) in [6.07, 6.45) is 2.61. The van der Waals surface area contributed by atoms with Crippen molar-refractivity contribution in [3.63, 3.8) is 0 Å². The normalized spacial score (nSPS) is 10.9. The maximum atomic E-state index is 13.3. The van der Waals surface area contributed by atoms with E-state index in [-0.39, 0.29) is 5.56 Å². The Morgan fingerprint density at radius 1 is 1.50 bits per heavy atom. The molecule has 82 valence electrons. The molecule has 1 aromatic heterocycles. The highest BCUT2D eigenvalue weighted by atomic mass is 35.5. The summed E-state index contributed by atoms with van der Waals surface area (Å²) in [4.78, 5) is 3.77. The molecule has 1 aromatic carbocycles. The van der Waals surface area contributed by atoms with Gasteiger partial charge in [-0.15, -0.1) is 0 Å². The van der Waals surface area contributed by atoms with Crippen LogP contribution in [0, 0.1) is 5.82 Å². The Labute approximate surface area is 95.4 Å². The number of nitrogens with zero attached hydrogens (tertiary/aromatic N) is 3. The molecule has 2 rings (SSSR count). The van der Waals surface area contributed by atoms with E-state index in [1.165, 1.54) is 24.7 Å². The van der Waals surface area contributed by atoms with Crippen LogP contribution in [0.3, 0.4) is 0 Å². The third kappa shape index (κ3) is 2.34. The van der Waals surface area contributed by atoms with E-state index in [1.54, 1.807) is 6.07 Å². The van der Waals surface area contributed by atoms with Gasteiger partial charge in [-0.2, -0.15) is 15.2 Å². The number of halogens is 2. The van der Waals surface area contributed by atoms with Crippen molar-refractivity contribution in [2.24, 2.45) is 5.10 Å². The summed E-state index contributed by atoms with van der Waals surface area (Å²) in [6, 6.07) is 4.42. The first-order valence-corrected chi connectivity index (χ1v) is 4.73. The summed E-state index contributed by atoms with van der Waals surface area (Å²) in [5.74, 6) is -0.0701. The van der Waals surface area contributed by atoms with Gasteiger partial charge in [-0.05, 0) is 12.1 Å². The molecular formula is C9H7ClFN5. The van der Waals surface area contributed by atoms with Crippen LogP contribution in [0.25, 0.3) is 0 Å². The Balaban J connectivity index is 2.12. The first-order chi connectivity index (χ1) is 7.77. The Morgan fingerprint density at radius 2 is 2.38 bits per heavy atom. The van der Waals surface area contributed by atoms with Gasteiger partial charge in [0.2, 0.25) is 5.95 Å². The van der Waals surface area contributed by atoms with E-state index in [2.05, 4.69) is 25.7 Å². The van der Waals surface area contributed by atoms with Crippen LogP contribution < -0.4 is 5.43 Å². The van der Waals surface area contributed by atoms with Crippen molar-refractivity contribution in [2.75, 3.05) is 5.43 Å². The second-order valence-corrected chi connectivity index (χ2v) is 3.25. The molecular weight excluding hydrogens is 233 g/mol. The Bertz CT molecular complexity index is 476. The molecule has 16 heavy (non-hydrogen) atoms. The van der Waals surface area contributed by atoms with Crippen LogP contribution in [0.4, 0.5) is 10.3 Å². The molecule has 0 aliphatic rings. The van der Waals surface area contributed by atoms with E-state index >= 15 is 0 Å². The highest BCUT2D eigenvalue weighted by molar-refractivity contribution is 6.33. The van der Waals surface area contributed by atoms with E-state index in [0.29, 0.717) is 11.0 Å². The number of aromatic amines is 1. The summed E-state index contributed by atoms with van der Waals surface area (Å²) in [5.41, 5.74) is 2.76. The fourth-order valence-electron chi connectivity index (χ4n) is 1.05. The van der Waals surface area contributed by atoms with Crippen molar-refractivity contribution in [3.8, 4) is 0 Å². The Hall–Kier alpha value is -1.95. The van der Waals surface area contributed by atoms with E-state index in [4.69, 9.17) is 11.6 Å². The van der Waals surface area contributed by atoms with Gasteiger partial charge >= 0.3 is 0 Å². The summed E-state index contributed by atoms with van der Waals surface area (Å²) >= 11 is 5.80. The van der Waals surface area contributed by atoms with Crippen LogP contribution in [-0.2, 0) is 0 Å². The van der Waals surface area contributed by atoms with Crippen molar-refractivity contribution in [1.29, 1.82) is 0 Å². The molecule has 2 N–H and O–H groups in total. The summed E-state index contributed by atoms with van der Waals surface area (Å²) in [7, 11) is 0. The van der Waals surface area contributed by atoms with Gasteiger partial charge in [0, 0.05) is 5.56 Å². The third-order valence-electron chi connectivity index (χ3n) is 1.78. The molecule has 0 radical (unpaired) electrons. The van der Waals surface area contributed by atoms with Crippen molar-refractivity contribution in [3.05, 3.63) is 40.9 Å². The largest absolute Gasteiger partial charge is 0.246 e. The van der Waals surface area contributed by atoms with Crippen LogP contribution >= 0.6 is 11.6 Å². The standard InChI is InChI=1S/C9H7ClFN5/c10-7-2-1-3-8(11)6(7)4-13-15-9-12-5-14-16-9/h1-5H,(H2,12,14,15,16)/b13-4+. The number of hydrogen-bond acceptors (Lipinski definition) is 4. The lowest BCUT2D eigenvalue weighted by molar-refractivity contribution is 0.626. The minimum Gasteiger partial charge on any atom is -0.246 e. The van der Waals surface area contributed by atoms with Gasteiger partial charge in [-0.1, -0.05) is 17.7 Å². The first-order valence-electron chi connectivity index (χ1n) is 4.36. The molecule has 0 atom stereocenters. The third-order valence-corrected chi connectivity index (χ3v) is 2.11. The number of hydrazone groups is 1. The van der Waals surface area contributed by atoms with Gasteiger partial charge in [0.05, 0.1) is 11.2 Å². The van der Waals surface area contributed by atoms with Crippen molar-refractivity contribution >= 4 is 23.8 Å². The van der Waals surface area contributed by atoms with Crippen LogP contribution in [0.5, 0.6) is 0 Å². The van der Waals surface area contributed by atoms with E-state index < -0.39 is 5.82 Å². The molecule has 0 aliphatic heterocycles. The number of nitrogens with one attached hydrogen (secondary N) is 2. The highest BCUT2D eigenvalue weighted by Gasteiger charge is 2.03. The Morgan fingerprint density at radius 3 is 3.06 bits per heavy atom. The second kappa shape index (κ2) is 4.71. The molecule has 0 unspecified atom stereocenters. The van der Waals surface area contributed by atoms with Crippen molar-refractivity contribution in [1.82, 2.24) is 15.2 Å². The minimum atomic E-state index is -0.435. The van der Waals surface area contributed by atoms with Crippen molar-refractivity contribution < 1.29 is 4.39 Å². The zero-order valence-corrected chi connectivity index (χ0v) is 8.74. The molecule has 0 amide bonds. The SMILES string of the molecule is Fc1cccc(Cl)c1/C=N/Nc1ncn[nH]1. The monoisotopic (exact) mass is 239 g/mol. The van der Waals surface area contributed by atoms with E-state index in [1.807, 2.05) is 0 Å². The molecule has 0 aliphatic carbocycles. The van der Waals surface area contributed by atoms with Gasteiger partial charge in [0.15, 0.2) is 0 Å². The van der Waals surface area contributed by atoms with Gasteiger partial charge in [0.1, 0.15) is 12.1 Å². The number of H-pyrrole nitrogens is 1. The first kappa shape index (κ1) is 10.6. The zero-order chi connectivity index (χ0) is 11.4. The molecule has 0 bridgehead atoms. The summed E-state index contributed by atoms with van der Waals surface area (Å²) < 4.78 is 13.3. The van der Waals surface area contributed by atoms with Gasteiger partial charge in [0.25, 0.3) is 0 Å². The van der Waals surface area contributed by atoms with Crippen molar-refractivity contribution in [2.45, 2.75) is 0 Å². The minimum absolute atomic E-state index is 0.219. The van der Waals surface area contributed by atoms with Crippen LogP contribution in [-0.4, -0.2) is 21.4 Å². The molecule has 7 heteroatoms. The van der Waals surface area contributed by atoms with Gasteiger partial charge in [-0.25, -0.2) is 14.9 Å². The molecule has 0 fully saturated rings. The average Bonchev–Trinajstić information content (AvgIpc) is 2.75. The molecule has 0 saturated heterocycles. The molecule has 2 aromatic rings. The van der Waals surface area contributed by atoms with Gasteiger partial charge < -0.3 is 0 Å². The molecule has 5 nitrogen and oxygen atoms in total. The average molecular weight is 240 g/mol.